The number of hydrogen-bond acceptors (Lipinski definition) is 4. The van der Waals surface area contributed by atoms with Crippen molar-refractivity contribution in [3.8, 4) is 5.75 Å². The Morgan fingerprint density at radius 1 is 1.28 bits per heavy atom. The molecule has 2 aromatic rings. The van der Waals surface area contributed by atoms with Gasteiger partial charge >= 0.3 is 0 Å². The van der Waals surface area contributed by atoms with Crippen LogP contribution >= 0.6 is 0 Å². The smallest absolute Gasteiger partial charge is 0.253 e. The van der Waals surface area contributed by atoms with Gasteiger partial charge in [0.25, 0.3) is 5.91 Å². The molecule has 1 fully saturated rings. The number of carbonyl (C=O) groups is 1. The molecule has 132 valence electrons. The first-order valence-electron chi connectivity index (χ1n) is 8.57. The normalized spacial score (nSPS) is 18.0. The van der Waals surface area contributed by atoms with Crippen molar-refractivity contribution < 1.29 is 14.6 Å². The van der Waals surface area contributed by atoms with Gasteiger partial charge in [0.05, 0.1) is 7.11 Å². The number of nitrogens with one attached hydrogen (secondary N) is 1. The molecular formula is C20H24N2O3. The Bertz CT molecular complexity index is 705. The maximum atomic E-state index is 12.2. The van der Waals surface area contributed by atoms with Gasteiger partial charge in [-0.2, -0.15) is 0 Å². The summed E-state index contributed by atoms with van der Waals surface area (Å²) in [6.07, 6.45) is -0.147. The molecule has 5 heteroatoms. The van der Waals surface area contributed by atoms with Crippen LogP contribution in [-0.2, 0) is 4.79 Å². The van der Waals surface area contributed by atoms with Crippen molar-refractivity contribution in [2.24, 2.45) is 5.92 Å². The average molecular weight is 340 g/mol. The third-order valence-electron chi connectivity index (χ3n) is 4.63. The van der Waals surface area contributed by atoms with E-state index in [0.717, 1.165) is 19.5 Å². The van der Waals surface area contributed by atoms with Crippen molar-refractivity contribution in [2.45, 2.75) is 12.5 Å². The number of ether oxygens (including phenoxy) is 1. The van der Waals surface area contributed by atoms with Gasteiger partial charge in [0.15, 0.2) is 6.10 Å². The zero-order chi connectivity index (χ0) is 17.6. The number of carbonyl (C=O) groups excluding carboxylic acids is 1. The second-order valence-corrected chi connectivity index (χ2v) is 6.36. The van der Waals surface area contributed by atoms with Crippen LogP contribution in [0.2, 0.25) is 0 Å². The minimum absolute atomic E-state index is 0.369. The Kier molecular flexibility index (Phi) is 5.56. The second-order valence-electron chi connectivity index (χ2n) is 6.36. The van der Waals surface area contributed by atoms with Gasteiger partial charge in [-0.15, -0.1) is 0 Å². The molecule has 1 aliphatic rings. The van der Waals surface area contributed by atoms with Gasteiger partial charge in [-0.3, -0.25) is 4.79 Å². The predicted octanol–water partition coefficient (Wildman–Crippen LogP) is 2.37. The number of para-hydroxylation sites is 1. The van der Waals surface area contributed by atoms with Crippen LogP contribution in [0.5, 0.6) is 5.75 Å². The number of aliphatic hydroxyl groups is 1. The molecule has 2 unspecified atom stereocenters. The van der Waals surface area contributed by atoms with Gasteiger partial charge in [-0.1, -0.05) is 30.3 Å². The van der Waals surface area contributed by atoms with E-state index in [9.17, 15) is 9.90 Å². The monoisotopic (exact) mass is 340 g/mol. The number of nitrogens with zero attached hydrogens (tertiary/aromatic N) is 1. The third kappa shape index (κ3) is 4.31. The Balaban J connectivity index is 1.51. The van der Waals surface area contributed by atoms with E-state index in [0.29, 0.717) is 23.8 Å². The molecule has 0 spiro atoms. The summed E-state index contributed by atoms with van der Waals surface area (Å²) in [7, 11) is 1.56. The molecule has 5 nitrogen and oxygen atoms in total. The Morgan fingerprint density at radius 3 is 2.84 bits per heavy atom. The minimum atomic E-state index is -1.18. The van der Waals surface area contributed by atoms with Crippen molar-refractivity contribution in [3.05, 3.63) is 60.2 Å². The van der Waals surface area contributed by atoms with E-state index in [2.05, 4.69) is 22.3 Å². The van der Waals surface area contributed by atoms with Crippen LogP contribution in [0.4, 0.5) is 5.69 Å². The molecule has 2 N–H and O–H groups in total. The molecular weight excluding hydrogens is 316 g/mol. The molecule has 3 rings (SSSR count). The fraction of sp³-hybridized carbons (Fsp3) is 0.350. The highest BCUT2D eigenvalue weighted by molar-refractivity contribution is 5.82. The van der Waals surface area contributed by atoms with Crippen LogP contribution in [0, 0.1) is 5.92 Å². The second kappa shape index (κ2) is 8.03. The number of aliphatic hydroxyl groups excluding tert-OH is 1. The topological polar surface area (TPSA) is 61.8 Å². The molecule has 25 heavy (non-hydrogen) atoms. The van der Waals surface area contributed by atoms with Crippen LogP contribution in [-0.4, -0.2) is 37.8 Å². The number of hydrogen-bond donors (Lipinski definition) is 2. The maximum absolute atomic E-state index is 12.2. The molecule has 1 saturated heterocycles. The molecule has 1 amide bonds. The average Bonchev–Trinajstić information content (AvgIpc) is 3.15. The van der Waals surface area contributed by atoms with E-state index in [1.165, 1.54) is 5.69 Å². The van der Waals surface area contributed by atoms with Crippen molar-refractivity contribution in [1.82, 2.24) is 5.32 Å². The first-order chi connectivity index (χ1) is 12.2. The summed E-state index contributed by atoms with van der Waals surface area (Å²) in [6.45, 7) is 2.48. The first kappa shape index (κ1) is 17.3. The van der Waals surface area contributed by atoms with E-state index in [1.807, 2.05) is 18.2 Å². The fourth-order valence-corrected chi connectivity index (χ4v) is 3.18. The van der Waals surface area contributed by atoms with Gasteiger partial charge in [0, 0.05) is 25.3 Å². The number of anilines is 1. The lowest BCUT2D eigenvalue weighted by molar-refractivity contribution is -0.129. The van der Waals surface area contributed by atoms with Gasteiger partial charge in [-0.25, -0.2) is 0 Å². The summed E-state index contributed by atoms with van der Waals surface area (Å²) in [5, 5.41) is 13.1. The molecule has 1 aliphatic heterocycles. The lowest BCUT2D eigenvalue weighted by Crippen LogP contribution is -2.34. The Hall–Kier alpha value is -2.53. The predicted molar refractivity (Wildman–Crippen MR) is 97.7 cm³/mol. The number of benzene rings is 2. The lowest BCUT2D eigenvalue weighted by Gasteiger charge is -2.19. The van der Waals surface area contributed by atoms with Crippen LogP contribution in [0.25, 0.3) is 0 Å². The summed E-state index contributed by atoms with van der Waals surface area (Å²) < 4.78 is 5.13. The highest BCUT2D eigenvalue weighted by Crippen LogP contribution is 2.23. The van der Waals surface area contributed by atoms with Crippen LogP contribution in [0.15, 0.2) is 54.6 Å². The fourth-order valence-electron chi connectivity index (χ4n) is 3.18. The number of methoxy groups -OCH3 is 1. The van der Waals surface area contributed by atoms with E-state index >= 15 is 0 Å². The molecule has 0 bridgehead atoms. The molecule has 2 aromatic carbocycles. The summed E-state index contributed by atoms with van der Waals surface area (Å²) in [5.74, 6) is 0.645. The standard InChI is InChI=1S/C20H24N2O3/c1-25-18-9-5-6-16(12-18)19(23)20(24)21-13-15-10-11-22(14-15)17-7-3-2-4-8-17/h2-9,12,15,19,23H,10-11,13-14H2,1H3,(H,21,24). The van der Waals surface area contributed by atoms with E-state index in [1.54, 1.807) is 31.4 Å². The van der Waals surface area contributed by atoms with Crippen molar-refractivity contribution in [1.29, 1.82) is 0 Å². The van der Waals surface area contributed by atoms with Crippen LogP contribution in [0.1, 0.15) is 18.1 Å². The zero-order valence-corrected chi connectivity index (χ0v) is 14.4. The Labute approximate surface area is 148 Å². The van der Waals surface area contributed by atoms with Crippen LogP contribution in [0.3, 0.4) is 0 Å². The van der Waals surface area contributed by atoms with Gasteiger partial charge < -0.3 is 20.1 Å². The zero-order valence-electron chi connectivity index (χ0n) is 14.4. The molecule has 1 heterocycles. The first-order valence-corrected chi connectivity index (χ1v) is 8.57. The maximum Gasteiger partial charge on any atom is 0.253 e. The Morgan fingerprint density at radius 2 is 2.08 bits per heavy atom. The third-order valence-corrected chi connectivity index (χ3v) is 4.63. The molecule has 0 aliphatic carbocycles. The summed E-state index contributed by atoms with van der Waals surface area (Å²) in [4.78, 5) is 14.6. The quantitative estimate of drug-likeness (QED) is 0.847. The van der Waals surface area contributed by atoms with Gasteiger partial charge in [0.1, 0.15) is 5.75 Å². The molecule has 0 radical (unpaired) electrons. The lowest BCUT2D eigenvalue weighted by atomic mass is 10.1. The highest BCUT2D eigenvalue weighted by atomic mass is 16.5. The molecule has 0 saturated carbocycles. The number of amides is 1. The van der Waals surface area contributed by atoms with Gasteiger partial charge in [-0.05, 0) is 42.2 Å². The van der Waals surface area contributed by atoms with E-state index < -0.39 is 6.10 Å². The van der Waals surface area contributed by atoms with Gasteiger partial charge in [0.2, 0.25) is 0 Å². The van der Waals surface area contributed by atoms with E-state index in [4.69, 9.17) is 4.74 Å². The van der Waals surface area contributed by atoms with Crippen molar-refractivity contribution in [2.75, 3.05) is 31.6 Å². The summed E-state index contributed by atoms with van der Waals surface area (Å²) in [6, 6.07) is 17.2. The van der Waals surface area contributed by atoms with E-state index in [-0.39, 0.29) is 5.91 Å². The van der Waals surface area contributed by atoms with Crippen LogP contribution < -0.4 is 15.0 Å². The highest BCUT2D eigenvalue weighted by Gasteiger charge is 2.24. The minimum Gasteiger partial charge on any atom is -0.497 e. The summed E-state index contributed by atoms with van der Waals surface area (Å²) in [5.41, 5.74) is 1.75. The van der Waals surface area contributed by atoms with Crippen molar-refractivity contribution in [3.63, 3.8) is 0 Å². The molecule has 2 atom stereocenters. The summed E-state index contributed by atoms with van der Waals surface area (Å²) >= 11 is 0. The molecule has 0 aromatic heterocycles. The SMILES string of the molecule is COc1cccc(C(O)C(=O)NCC2CCN(c3ccccc3)C2)c1. The number of rotatable bonds is 6. The largest absolute Gasteiger partial charge is 0.497 e. The van der Waals surface area contributed by atoms with Crippen molar-refractivity contribution >= 4 is 11.6 Å².